The van der Waals surface area contributed by atoms with E-state index in [4.69, 9.17) is 10.8 Å². The Labute approximate surface area is 175 Å². The normalized spacial score (nSPS) is 11.9. The van der Waals surface area contributed by atoms with Crippen LogP contribution in [0.2, 0.25) is 0 Å². The van der Waals surface area contributed by atoms with Gasteiger partial charge in [0.25, 0.3) is 0 Å². The van der Waals surface area contributed by atoms with Crippen LogP contribution in [-0.4, -0.2) is 54.4 Å². The molecule has 0 aliphatic carbocycles. The van der Waals surface area contributed by atoms with Gasteiger partial charge >= 0.3 is 5.97 Å². The Bertz CT molecular complexity index is 312. The molecule has 0 aromatic carbocycles. The van der Waals surface area contributed by atoms with E-state index in [1.54, 1.807) is 0 Å². The van der Waals surface area contributed by atoms with Crippen LogP contribution in [0.1, 0.15) is 110 Å². The van der Waals surface area contributed by atoms with E-state index in [2.05, 4.69) is 25.9 Å². The topological polar surface area (TPSA) is 86.8 Å². The second-order valence-corrected chi connectivity index (χ2v) is 8.21. The Kier molecular flexibility index (Phi) is 25.7. The average molecular weight is 403 g/mol. The van der Waals surface area contributed by atoms with Gasteiger partial charge < -0.3 is 20.8 Å². The van der Waals surface area contributed by atoms with Crippen molar-refractivity contribution >= 4 is 5.97 Å². The lowest BCUT2D eigenvalue weighted by molar-refractivity contribution is -0.137. The minimum absolute atomic E-state index is 0.0853. The molecule has 1 atom stereocenters. The van der Waals surface area contributed by atoms with E-state index in [1.165, 1.54) is 51.4 Å². The molecule has 0 bridgehead atoms. The first-order valence-electron chi connectivity index (χ1n) is 11.7. The Morgan fingerprint density at radius 2 is 1.29 bits per heavy atom. The second kappa shape index (κ2) is 24.4. The van der Waals surface area contributed by atoms with Crippen LogP contribution in [0.4, 0.5) is 0 Å². The maximum atomic E-state index is 10.3. The molecular formula is C23H50N2O3. The summed E-state index contributed by atoms with van der Waals surface area (Å²) in [7, 11) is 4.10. The third-order valence-corrected chi connectivity index (χ3v) is 4.88. The molecule has 0 aliphatic rings. The quantitative estimate of drug-likeness (QED) is 0.258. The number of aliphatic hydroxyl groups is 1. The number of rotatable bonds is 19. The molecule has 0 spiro atoms. The number of nitrogens with zero attached hydrogens (tertiary/aromatic N) is 1. The Morgan fingerprint density at radius 3 is 1.68 bits per heavy atom. The second-order valence-electron chi connectivity index (χ2n) is 8.21. The summed E-state index contributed by atoms with van der Waals surface area (Å²) in [4.78, 5) is 12.5. The summed E-state index contributed by atoms with van der Waals surface area (Å²) in [6, 6.07) is 0. The first-order valence-corrected chi connectivity index (χ1v) is 11.7. The lowest BCUT2D eigenvalue weighted by atomic mass is 10.0. The number of aliphatic carboxylic acids is 1. The standard InChI is InChI=1S/C18H36O3.C5H14N2/c1-2-3-4-11-14-17(19)15-12-9-7-5-6-8-10-13-16-18(20)21;1-7(2)5-3-4-6/h17,19H,2-16H2,1H3,(H,20,21);3-6H2,1-2H3. The molecule has 0 radical (unpaired) electrons. The lowest BCUT2D eigenvalue weighted by Crippen LogP contribution is -2.16. The molecule has 28 heavy (non-hydrogen) atoms. The number of carboxylic acids is 1. The minimum Gasteiger partial charge on any atom is -0.481 e. The fourth-order valence-electron chi connectivity index (χ4n) is 3.08. The highest BCUT2D eigenvalue weighted by molar-refractivity contribution is 5.66. The molecule has 170 valence electrons. The highest BCUT2D eigenvalue weighted by atomic mass is 16.4. The summed E-state index contributed by atoms with van der Waals surface area (Å²) < 4.78 is 0. The number of hydrogen-bond donors (Lipinski definition) is 3. The predicted octanol–water partition coefficient (Wildman–Crippen LogP) is 5.20. The zero-order valence-corrected chi connectivity index (χ0v) is 19.1. The van der Waals surface area contributed by atoms with Gasteiger partial charge in [0.15, 0.2) is 0 Å². The van der Waals surface area contributed by atoms with Gasteiger partial charge in [0.1, 0.15) is 0 Å². The fourth-order valence-corrected chi connectivity index (χ4v) is 3.08. The summed E-state index contributed by atoms with van der Waals surface area (Å²) >= 11 is 0. The Morgan fingerprint density at radius 1 is 0.821 bits per heavy atom. The lowest BCUT2D eigenvalue weighted by Gasteiger charge is -2.10. The van der Waals surface area contributed by atoms with Crippen LogP contribution in [0, 0.1) is 0 Å². The van der Waals surface area contributed by atoms with E-state index in [9.17, 15) is 9.90 Å². The predicted molar refractivity (Wildman–Crippen MR) is 121 cm³/mol. The zero-order valence-electron chi connectivity index (χ0n) is 19.1. The van der Waals surface area contributed by atoms with E-state index in [0.717, 1.165) is 58.0 Å². The van der Waals surface area contributed by atoms with Crippen molar-refractivity contribution in [2.45, 2.75) is 116 Å². The number of carboxylic acid groups (broad SMARTS) is 1. The van der Waals surface area contributed by atoms with Crippen molar-refractivity contribution in [3.8, 4) is 0 Å². The van der Waals surface area contributed by atoms with Gasteiger partial charge in [-0.2, -0.15) is 0 Å². The molecule has 4 N–H and O–H groups in total. The summed E-state index contributed by atoms with van der Waals surface area (Å²) in [5.74, 6) is -0.678. The van der Waals surface area contributed by atoms with Gasteiger partial charge in [-0.15, -0.1) is 0 Å². The van der Waals surface area contributed by atoms with E-state index in [0.29, 0.717) is 6.42 Å². The maximum Gasteiger partial charge on any atom is 0.303 e. The average Bonchev–Trinajstić information content (AvgIpc) is 2.65. The Hall–Kier alpha value is -0.650. The fraction of sp³-hybridized carbons (Fsp3) is 0.957. The zero-order chi connectivity index (χ0) is 21.5. The van der Waals surface area contributed by atoms with Crippen molar-refractivity contribution in [3.63, 3.8) is 0 Å². The molecule has 1 unspecified atom stereocenters. The SMILES string of the molecule is CCCCCCC(O)CCCCCCCCCCC(=O)O.CN(C)CCCN. The summed E-state index contributed by atoms with van der Waals surface area (Å²) in [5, 5.41) is 18.4. The van der Waals surface area contributed by atoms with Crippen LogP contribution in [0.15, 0.2) is 0 Å². The number of hydrogen-bond acceptors (Lipinski definition) is 4. The van der Waals surface area contributed by atoms with Gasteiger partial charge in [-0.25, -0.2) is 0 Å². The summed E-state index contributed by atoms with van der Waals surface area (Å²) in [6.07, 6.45) is 17.4. The smallest absolute Gasteiger partial charge is 0.303 e. The molecule has 5 nitrogen and oxygen atoms in total. The molecule has 0 saturated heterocycles. The van der Waals surface area contributed by atoms with Crippen molar-refractivity contribution in [1.82, 2.24) is 4.90 Å². The van der Waals surface area contributed by atoms with E-state index in [-0.39, 0.29) is 6.10 Å². The highest BCUT2D eigenvalue weighted by Gasteiger charge is 2.03. The molecule has 0 fully saturated rings. The van der Waals surface area contributed by atoms with Crippen LogP contribution < -0.4 is 5.73 Å². The van der Waals surface area contributed by atoms with E-state index in [1.807, 2.05) is 0 Å². The van der Waals surface area contributed by atoms with Crippen LogP contribution in [-0.2, 0) is 4.79 Å². The van der Waals surface area contributed by atoms with Gasteiger partial charge in [0.05, 0.1) is 6.10 Å². The van der Waals surface area contributed by atoms with Crippen molar-refractivity contribution in [2.24, 2.45) is 5.73 Å². The molecule has 0 rings (SSSR count). The van der Waals surface area contributed by atoms with Gasteiger partial charge in [0, 0.05) is 6.42 Å². The molecule has 0 heterocycles. The molecule has 0 saturated carbocycles. The van der Waals surface area contributed by atoms with Crippen molar-refractivity contribution in [2.75, 3.05) is 27.2 Å². The summed E-state index contributed by atoms with van der Waals surface area (Å²) in [5.41, 5.74) is 5.25. The van der Waals surface area contributed by atoms with Gasteiger partial charge in [-0.1, -0.05) is 77.6 Å². The van der Waals surface area contributed by atoms with Crippen molar-refractivity contribution < 1.29 is 15.0 Å². The van der Waals surface area contributed by atoms with Crippen LogP contribution in [0.25, 0.3) is 0 Å². The number of aliphatic hydroxyl groups excluding tert-OH is 1. The third-order valence-electron chi connectivity index (χ3n) is 4.88. The first kappa shape index (κ1) is 29.6. The minimum atomic E-state index is -0.678. The van der Waals surface area contributed by atoms with Crippen LogP contribution in [0.5, 0.6) is 0 Å². The number of unbranched alkanes of at least 4 members (excludes halogenated alkanes) is 10. The third kappa shape index (κ3) is 30.1. The van der Waals surface area contributed by atoms with Crippen molar-refractivity contribution in [1.29, 1.82) is 0 Å². The maximum absolute atomic E-state index is 10.3. The number of nitrogens with two attached hydrogens (primary N) is 1. The van der Waals surface area contributed by atoms with Crippen LogP contribution >= 0.6 is 0 Å². The molecule has 5 heteroatoms. The van der Waals surface area contributed by atoms with E-state index >= 15 is 0 Å². The molecule has 0 aromatic heterocycles. The molecular weight excluding hydrogens is 352 g/mol. The van der Waals surface area contributed by atoms with Crippen LogP contribution in [0.3, 0.4) is 0 Å². The molecule has 0 amide bonds. The summed E-state index contributed by atoms with van der Waals surface area (Å²) in [6.45, 7) is 4.12. The molecule has 0 aliphatic heterocycles. The largest absolute Gasteiger partial charge is 0.481 e. The Balaban J connectivity index is 0. The number of carbonyl (C=O) groups is 1. The molecule has 0 aromatic rings. The van der Waals surface area contributed by atoms with E-state index < -0.39 is 5.97 Å². The van der Waals surface area contributed by atoms with Crippen molar-refractivity contribution in [3.05, 3.63) is 0 Å². The monoisotopic (exact) mass is 402 g/mol. The highest BCUT2D eigenvalue weighted by Crippen LogP contribution is 2.14. The van der Waals surface area contributed by atoms with Gasteiger partial charge in [-0.05, 0) is 52.9 Å². The van der Waals surface area contributed by atoms with Gasteiger partial charge in [-0.3, -0.25) is 4.79 Å². The first-order chi connectivity index (χ1) is 13.4. The van der Waals surface area contributed by atoms with Gasteiger partial charge in [0.2, 0.25) is 0 Å².